The molecule has 1 fully saturated rings. The summed E-state index contributed by atoms with van der Waals surface area (Å²) in [5.41, 5.74) is 6.31. The highest BCUT2D eigenvalue weighted by Crippen LogP contribution is 2.24. The first-order valence-corrected chi connectivity index (χ1v) is 6.05. The summed E-state index contributed by atoms with van der Waals surface area (Å²) in [6, 6.07) is 0.139. The van der Waals surface area contributed by atoms with Crippen molar-refractivity contribution in [2.24, 2.45) is 11.7 Å². The first-order chi connectivity index (χ1) is 8.13. The van der Waals surface area contributed by atoms with Gasteiger partial charge in [-0.3, -0.25) is 4.79 Å². The van der Waals surface area contributed by atoms with E-state index in [-0.39, 0.29) is 11.9 Å². The van der Waals surface area contributed by atoms with Gasteiger partial charge in [-0.1, -0.05) is 12.1 Å². The van der Waals surface area contributed by atoms with E-state index >= 15 is 0 Å². The zero-order chi connectivity index (χ0) is 12.4. The van der Waals surface area contributed by atoms with Crippen LogP contribution >= 0.6 is 0 Å². The number of piperidine rings is 1. The van der Waals surface area contributed by atoms with Crippen molar-refractivity contribution in [1.82, 2.24) is 10.1 Å². The molecule has 0 radical (unpaired) electrons. The van der Waals surface area contributed by atoms with Crippen molar-refractivity contribution in [2.75, 3.05) is 13.1 Å². The number of likely N-dealkylation sites (tertiary alicyclic amines) is 1. The molecular weight excluding hydrogens is 218 g/mol. The lowest BCUT2D eigenvalue weighted by atomic mass is 9.92. The number of carbonyl (C=O) groups excluding carboxylic acids is 1. The first-order valence-electron chi connectivity index (χ1n) is 6.05. The van der Waals surface area contributed by atoms with Gasteiger partial charge in [0.05, 0.1) is 6.20 Å². The molecule has 2 rings (SSSR count). The van der Waals surface area contributed by atoms with E-state index in [0.29, 0.717) is 23.8 Å². The molecule has 1 aromatic heterocycles. The lowest BCUT2D eigenvalue weighted by Gasteiger charge is -2.37. The highest BCUT2D eigenvalue weighted by atomic mass is 16.5. The molecule has 0 aliphatic carbocycles. The van der Waals surface area contributed by atoms with Crippen LogP contribution in [-0.2, 0) is 0 Å². The molecule has 0 spiro atoms. The lowest BCUT2D eigenvalue weighted by molar-refractivity contribution is 0.0572. The maximum atomic E-state index is 12.3. The van der Waals surface area contributed by atoms with Crippen LogP contribution in [0.3, 0.4) is 0 Å². The maximum Gasteiger partial charge on any atom is 0.259 e. The molecule has 2 atom stereocenters. The van der Waals surface area contributed by atoms with Crippen molar-refractivity contribution in [3.63, 3.8) is 0 Å². The largest absolute Gasteiger partial charge is 0.361 e. The Morgan fingerprint density at radius 3 is 3.06 bits per heavy atom. The topological polar surface area (TPSA) is 72.4 Å². The van der Waals surface area contributed by atoms with Gasteiger partial charge in [-0.05, 0) is 25.7 Å². The maximum absolute atomic E-state index is 12.3. The van der Waals surface area contributed by atoms with E-state index in [2.05, 4.69) is 12.1 Å². The molecule has 1 saturated heterocycles. The van der Waals surface area contributed by atoms with Crippen LogP contribution in [0.25, 0.3) is 0 Å². The highest BCUT2D eigenvalue weighted by Gasteiger charge is 2.30. The highest BCUT2D eigenvalue weighted by molar-refractivity contribution is 5.95. The SMILES string of the molecule is Cc1oncc1C(=O)N1CCC(C)CC1CN. The van der Waals surface area contributed by atoms with Gasteiger partial charge in [0.2, 0.25) is 0 Å². The normalized spacial score (nSPS) is 25.0. The Kier molecular flexibility index (Phi) is 3.47. The number of nitrogens with two attached hydrogens (primary N) is 1. The van der Waals surface area contributed by atoms with Crippen LogP contribution in [0, 0.1) is 12.8 Å². The Bertz CT molecular complexity index is 402. The monoisotopic (exact) mass is 237 g/mol. The fraction of sp³-hybridized carbons (Fsp3) is 0.667. The summed E-state index contributed by atoms with van der Waals surface area (Å²) in [4.78, 5) is 14.2. The summed E-state index contributed by atoms with van der Waals surface area (Å²) in [5, 5.41) is 3.65. The van der Waals surface area contributed by atoms with Gasteiger partial charge in [0.25, 0.3) is 5.91 Å². The van der Waals surface area contributed by atoms with Gasteiger partial charge in [-0.25, -0.2) is 0 Å². The number of amides is 1. The smallest absolute Gasteiger partial charge is 0.259 e. The van der Waals surface area contributed by atoms with Crippen molar-refractivity contribution in [3.05, 3.63) is 17.5 Å². The molecule has 1 amide bonds. The van der Waals surface area contributed by atoms with Crippen LogP contribution in [0.1, 0.15) is 35.9 Å². The van der Waals surface area contributed by atoms with Crippen molar-refractivity contribution in [3.8, 4) is 0 Å². The number of carbonyl (C=O) groups is 1. The van der Waals surface area contributed by atoms with Crippen LogP contribution in [-0.4, -0.2) is 35.1 Å². The van der Waals surface area contributed by atoms with Gasteiger partial charge in [0, 0.05) is 19.1 Å². The molecule has 0 saturated carbocycles. The van der Waals surface area contributed by atoms with Gasteiger partial charge in [-0.15, -0.1) is 0 Å². The van der Waals surface area contributed by atoms with E-state index < -0.39 is 0 Å². The van der Waals surface area contributed by atoms with Crippen LogP contribution in [0.15, 0.2) is 10.7 Å². The predicted octanol–water partition coefficient (Wildman–Crippen LogP) is 1.18. The summed E-state index contributed by atoms with van der Waals surface area (Å²) < 4.78 is 4.94. The van der Waals surface area contributed by atoms with Gasteiger partial charge in [0.15, 0.2) is 0 Å². The van der Waals surface area contributed by atoms with Gasteiger partial charge < -0.3 is 15.2 Å². The molecule has 5 nitrogen and oxygen atoms in total. The van der Waals surface area contributed by atoms with Crippen molar-refractivity contribution < 1.29 is 9.32 Å². The third kappa shape index (κ3) is 2.34. The Labute approximate surface area is 101 Å². The molecular formula is C12H19N3O2. The third-order valence-corrected chi connectivity index (χ3v) is 3.49. The van der Waals surface area contributed by atoms with Gasteiger partial charge in [-0.2, -0.15) is 0 Å². The lowest BCUT2D eigenvalue weighted by Crippen LogP contribution is -2.49. The van der Waals surface area contributed by atoms with Gasteiger partial charge in [0.1, 0.15) is 11.3 Å². The van der Waals surface area contributed by atoms with Crippen LogP contribution < -0.4 is 5.73 Å². The van der Waals surface area contributed by atoms with Crippen molar-refractivity contribution in [2.45, 2.75) is 32.7 Å². The summed E-state index contributed by atoms with van der Waals surface area (Å²) in [5.74, 6) is 1.20. The van der Waals surface area contributed by atoms with Crippen LogP contribution in [0.2, 0.25) is 0 Å². The zero-order valence-corrected chi connectivity index (χ0v) is 10.3. The Morgan fingerprint density at radius 1 is 1.71 bits per heavy atom. The summed E-state index contributed by atoms with van der Waals surface area (Å²) in [6.07, 6.45) is 3.50. The Balaban J connectivity index is 2.16. The number of aryl methyl sites for hydroxylation is 1. The number of rotatable bonds is 2. The molecule has 17 heavy (non-hydrogen) atoms. The molecule has 2 heterocycles. The molecule has 2 N–H and O–H groups in total. The molecule has 94 valence electrons. The summed E-state index contributed by atoms with van der Waals surface area (Å²) in [7, 11) is 0. The van der Waals surface area contributed by atoms with Crippen molar-refractivity contribution >= 4 is 5.91 Å². The standard InChI is InChI=1S/C12H19N3O2/c1-8-3-4-15(10(5-8)6-13)12(16)11-7-14-17-9(11)2/h7-8,10H,3-6,13H2,1-2H3. The number of hydrogen-bond acceptors (Lipinski definition) is 4. The molecule has 5 heteroatoms. The minimum absolute atomic E-state index is 0.00824. The van der Waals surface area contributed by atoms with E-state index in [1.165, 1.54) is 6.20 Å². The third-order valence-electron chi connectivity index (χ3n) is 3.49. The minimum atomic E-state index is -0.00824. The zero-order valence-electron chi connectivity index (χ0n) is 10.3. The quantitative estimate of drug-likeness (QED) is 0.838. The van der Waals surface area contributed by atoms with Crippen LogP contribution in [0.5, 0.6) is 0 Å². The second-order valence-corrected chi connectivity index (χ2v) is 4.81. The van der Waals surface area contributed by atoms with Crippen molar-refractivity contribution in [1.29, 1.82) is 0 Å². The average molecular weight is 237 g/mol. The van der Waals surface area contributed by atoms with E-state index in [1.54, 1.807) is 6.92 Å². The average Bonchev–Trinajstić information content (AvgIpc) is 2.74. The fourth-order valence-electron chi connectivity index (χ4n) is 2.40. The van der Waals surface area contributed by atoms with Gasteiger partial charge >= 0.3 is 0 Å². The minimum Gasteiger partial charge on any atom is -0.361 e. The fourth-order valence-corrected chi connectivity index (χ4v) is 2.40. The number of nitrogens with zero attached hydrogens (tertiary/aromatic N) is 2. The molecule has 0 aromatic carbocycles. The van der Waals surface area contributed by atoms with E-state index in [1.807, 2.05) is 4.90 Å². The Morgan fingerprint density at radius 2 is 2.47 bits per heavy atom. The van der Waals surface area contributed by atoms with E-state index in [0.717, 1.165) is 19.4 Å². The summed E-state index contributed by atoms with van der Waals surface area (Å²) >= 11 is 0. The first kappa shape index (κ1) is 12.1. The number of aromatic nitrogens is 1. The molecule has 1 aromatic rings. The second-order valence-electron chi connectivity index (χ2n) is 4.81. The molecule has 0 bridgehead atoms. The predicted molar refractivity (Wildman–Crippen MR) is 63.5 cm³/mol. The molecule has 1 aliphatic heterocycles. The Hall–Kier alpha value is -1.36. The van der Waals surface area contributed by atoms with E-state index in [4.69, 9.17) is 10.3 Å². The molecule has 1 aliphatic rings. The number of hydrogen-bond donors (Lipinski definition) is 1. The second kappa shape index (κ2) is 4.87. The molecule has 2 unspecified atom stereocenters. The summed E-state index contributed by atoms with van der Waals surface area (Å²) in [6.45, 7) is 5.24. The van der Waals surface area contributed by atoms with E-state index in [9.17, 15) is 4.79 Å². The van der Waals surface area contributed by atoms with Crippen LogP contribution in [0.4, 0.5) is 0 Å².